The molecular formula is C26H29F3N4O3. The van der Waals surface area contributed by atoms with Crippen molar-refractivity contribution in [1.82, 2.24) is 9.97 Å². The zero-order valence-electron chi connectivity index (χ0n) is 20.0. The quantitative estimate of drug-likeness (QED) is 0.516. The number of hydrogen-bond donors (Lipinski definition) is 0. The molecule has 1 aromatic carbocycles. The molecule has 0 bridgehead atoms. The van der Waals surface area contributed by atoms with Crippen LogP contribution in [0, 0.1) is 17.2 Å². The lowest BCUT2D eigenvalue weighted by atomic mass is 9.90. The number of alkyl halides is 3. The van der Waals surface area contributed by atoms with Gasteiger partial charge in [0.25, 0.3) is 0 Å². The molecule has 2 fully saturated rings. The van der Waals surface area contributed by atoms with E-state index in [2.05, 4.69) is 16.0 Å². The minimum Gasteiger partial charge on any atom is -0.474 e. The summed E-state index contributed by atoms with van der Waals surface area (Å²) in [6, 6.07) is 10.8. The fraction of sp³-hybridized carbons (Fsp3) is 0.538. The van der Waals surface area contributed by atoms with Crippen LogP contribution in [0.15, 0.2) is 30.3 Å². The SMILES string of the molecule is N#Cc1ccc(CCCC(=O)[C@@H]2CCCN(c3cc(OC4CCOCC4)nc(C(F)(F)F)n3)C2)cc1. The predicted molar refractivity (Wildman–Crippen MR) is 126 cm³/mol. The molecular weight excluding hydrogens is 473 g/mol. The molecule has 2 aliphatic heterocycles. The van der Waals surface area contributed by atoms with Crippen molar-refractivity contribution in [2.45, 2.75) is 57.2 Å². The van der Waals surface area contributed by atoms with Crippen molar-refractivity contribution in [3.8, 4) is 11.9 Å². The molecule has 0 unspecified atom stereocenters. The van der Waals surface area contributed by atoms with Crippen molar-refractivity contribution >= 4 is 11.6 Å². The van der Waals surface area contributed by atoms with Crippen LogP contribution in [0.1, 0.15) is 55.5 Å². The number of aromatic nitrogens is 2. The summed E-state index contributed by atoms with van der Waals surface area (Å²) in [6.45, 7) is 1.83. The molecule has 36 heavy (non-hydrogen) atoms. The zero-order chi connectivity index (χ0) is 25.5. The average Bonchev–Trinajstić information content (AvgIpc) is 2.89. The molecule has 2 saturated heterocycles. The van der Waals surface area contributed by atoms with E-state index in [9.17, 15) is 18.0 Å². The van der Waals surface area contributed by atoms with Crippen LogP contribution in [0.3, 0.4) is 0 Å². The lowest BCUT2D eigenvalue weighted by Crippen LogP contribution is -2.39. The van der Waals surface area contributed by atoms with Gasteiger partial charge in [0.15, 0.2) is 0 Å². The summed E-state index contributed by atoms with van der Waals surface area (Å²) < 4.78 is 51.6. The molecule has 10 heteroatoms. The second kappa shape index (κ2) is 11.7. The van der Waals surface area contributed by atoms with Crippen molar-refractivity contribution in [3.05, 3.63) is 47.3 Å². The first kappa shape index (κ1) is 25.9. The van der Waals surface area contributed by atoms with E-state index in [-0.39, 0.29) is 29.5 Å². The summed E-state index contributed by atoms with van der Waals surface area (Å²) in [7, 11) is 0. The molecule has 0 amide bonds. The number of ether oxygens (including phenoxy) is 2. The molecule has 2 aliphatic rings. The summed E-state index contributed by atoms with van der Waals surface area (Å²) in [5.74, 6) is -1.36. The van der Waals surface area contributed by atoms with E-state index >= 15 is 0 Å². The summed E-state index contributed by atoms with van der Waals surface area (Å²) >= 11 is 0. The molecule has 7 nitrogen and oxygen atoms in total. The monoisotopic (exact) mass is 502 g/mol. The van der Waals surface area contributed by atoms with Crippen molar-refractivity contribution in [2.75, 3.05) is 31.2 Å². The molecule has 1 atom stereocenters. The first-order valence-corrected chi connectivity index (χ1v) is 12.3. The largest absolute Gasteiger partial charge is 0.474 e. The van der Waals surface area contributed by atoms with Crippen LogP contribution in [0.25, 0.3) is 0 Å². The number of nitriles is 1. The van der Waals surface area contributed by atoms with Crippen LogP contribution in [0.2, 0.25) is 0 Å². The van der Waals surface area contributed by atoms with Crippen molar-refractivity contribution in [2.24, 2.45) is 5.92 Å². The van der Waals surface area contributed by atoms with E-state index in [4.69, 9.17) is 14.7 Å². The van der Waals surface area contributed by atoms with E-state index in [0.29, 0.717) is 70.4 Å². The number of hydrogen-bond acceptors (Lipinski definition) is 7. The number of aryl methyl sites for hydroxylation is 1. The summed E-state index contributed by atoms with van der Waals surface area (Å²) in [5.41, 5.74) is 1.65. The number of piperidine rings is 1. The Hall–Kier alpha value is -3.19. The average molecular weight is 503 g/mol. The van der Waals surface area contributed by atoms with Gasteiger partial charge in [0.2, 0.25) is 11.7 Å². The summed E-state index contributed by atoms with van der Waals surface area (Å²) in [6.07, 6.45) is -0.601. The van der Waals surface area contributed by atoms with Crippen LogP contribution in [-0.2, 0) is 22.1 Å². The van der Waals surface area contributed by atoms with Gasteiger partial charge in [0.05, 0.1) is 24.8 Å². The summed E-state index contributed by atoms with van der Waals surface area (Å²) in [4.78, 5) is 22.0. The van der Waals surface area contributed by atoms with Crippen LogP contribution in [0.5, 0.6) is 5.88 Å². The van der Waals surface area contributed by atoms with Crippen LogP contribution in [-0.4, -0.2) is 48.2 Å². The number of ketones is 1. The van der Waals surface area contributed by atoms with Crippen molar-refractivity contribution in [1.29, 1.82) is 5.26 Å². The maximum Gasteiger partial charge on any atom is 0.451 e. The number of Topliss-reactive ketones (excluding diaryl/α,β-unsaturated/α-hetero) is 1. The molecule has 0 N–H and O–H groups in total. The second-order valence-corrected chi connectivity index (χ2v) is 9.23. The normalized spacial score (nSPS) is 19.1. The predicted octanol–water partition coefficient (Wildman–Crippen LogP) is 4.73. The third-order valence-electron chi connectivity index (χ3n) is 6.57. The smallest absolute Gasteiger partial charge is 0.451 e. The highest BCUT2D eigenvalue weighted by Crippen LogP contribution is 2.32. The number of nitrogens with zero attached hydrogens (tertiary/aromatic N) is 4. The third-order valence-corrected chi connectivity index (χ3v) is 6.57. The first-order chi connectivity index (χ1) is 17.3. The number of carbonyl (C=O) groups is 1. The van der Waals surface area contributed by atoms with Gasteiger partial charge in [0, 0.05) is 44.3 Å². The lowest BCUT2D eigenvalue weighted by Gasteiger charge is -2.33. The van der Waals surface area contributed by atoms with E-state index in [1.54, 1.807) is 17.0 Å². The summed E-state index contributed by atoms with van der Waals surface area (Å²) in [5, 5.41) is 8.90. The highest BCUT2D eigenvalue weighted by atomic mass is 19.4. The van der Waals surface area contributed by atoms with E-state index in [1.165, 1.54) is 6.07 Å². The Bertz CT molecular complexity index is 1080. The van der Waals surface area contributed by atoms with E-state index in [0.717, 1.165) is 12.0 Å². The number of carbonyl (C=O) groups excluding carboxylic acids is 1. The standard InChI is InChI=1S/C26H29F3N4O3/c27-26(28,29)25-31-23(15-24(32-25)36-21-10-13-35-14-11-21)33-12-2-4-20(17-33)22(34)5-1-3-18-6-8-19(16-30)9-7-18/h6-9,15,20-21H,1-5,10-14,17H2/t20-/m1/s1. The third kappa shape index (κ3) is 6.94. The fourth-order valence-electron chi connectivity index (χ4n) is 4.59. The van der Waals surface area contributed by atoms with Gasteiger partial charge in [-0.1, -0.05) is 12.1 Å². The van der Waals surface area contributed by atoms with Gasteiger partial charge in [-0.25, -0.2) is 4.98 Å². The number of benzene rings is 1. The van der Waals surface area contributed by atoms with Gasteiger partial charge < -0.3 is 14.4 Å². The van der Waals surface area contributed by atoms with Crippen molar-refractivity contribution in [3.63, 3.8) is 0 Å². The molecule has 0 saturated carbocycles. The number of halogens is 3. The van der Waals surface area contributed by atoms with Gasteiger partial charge in [-0.05, 0) is 43.4 Å². The topological polar surface area (TPSA) is 88.3 Å². The maximum absolute atomic E-state index is 13.5. The Morgan fingerprint density at radius 2 is 1.92 bits per heavy atom. The van der Waals surface area contributed by atoms with Gasteiger partial charge in [-0.2, -0.15) is 23.4 Å². The van der Waals surface area contributed by atoms with E-state index < -0.39 is 12.0 Å². The molecule has 2 aromatic rings. The highest BCUT2D eigenvalue weighted by Gasteiger charge is 2.37. The van der Waals surface area contributed by atoms with Gasteiger partial charge >= 0.3 is 6.18 Å². The van der Waals surface area contributed by atoms with Gasteiger partial charge in [-0.15, -0.1) is 0 Å². The molecule has 0 aliphatic carbocycles. The molecule has 1 aromatic heterocycles. The van der Waals surface area contributed by atoms with Gasteiger partial charge in [-0.3, -0.25) is 4.79 Å². The fourth-order valence-corrected chi connectivity index (χ4v) is 4.59. The number of anilines is 1. The molecule has 4 rings (SSSR count). The van der Waals surface area contributed by atoms with Gasteiger partial charge in [0.1, 0.15) is 17.7 Å². The molecule has 0 spiro atoms. The Balaban J connectivity index is 1.39. The Morgan fingerprint density at radius 3 is 2.61 bits per heavy atom. The van der Waals surface area contributed by atoms with Crippen LogP contribution >= 0.6 is 0 Å². The van der Waals surface area contributed by atoms with Crippen molar-refractivity contribution < 1.29 is 27.4 Å². The number of rotatable bonds is 8. The minimum atomic E-state index is -4.71. The second-order valence-electron chi connectivity index (χ2n) is 9.23. The Kier molecular flexibility index (Phi) is 8.41. The maximum atomic E-state index is 13.5. The van der Waals surface area contributed by atoms with Crippen LogP contribution in [0.4, 0.5) is 19.0 Å². The molecule has 3 heterocycles. The van der Waals surface area contributed by atoms with E-state index in [1.807, 2.05) is 12.1 Å². The molecule has 0 radical (unpaired) electrons. The van der Waals surface area contributed by atoms with Crippen LogP contribution < -0.4 is 9.64 Å². The lowest BCUT2D eigenvalue weighted by molar-refractivity contribution is -0.145. The first-order valence-electron chi connectivity index (χ1n) is 12.3. The Labute approximate surface area is 208 Å². The highest BCUT2D eigenvalue weighted by molar-refractivity contribution is 5.81. The zero-order valence-corrected chi connectivity index (χ0v) is 20.0. The minimum absolute atomic E-state index is 0.102. The molecule has 192 valence electrons. The Morgan fingerprint density at radius 1 is 1.17 bits per heavy atom.